The molecule has 5 rings (SSSR count). The van der Waals surface area contributed by atoms with Crippen molar-refractivity contribution in [3.05, 3.63) is 95.8 Å². The molecule has 1 N–H and O–H groups in total. The van der Waals surface area contributed by atoms with Crippen LogP contribution in [0.3, 0.4) is 0 Å². The molecule has 2 heterocycles. The quantitative estimate of drug-likeness (QED) is 0.446. The molecule has 0 radical (unpaired) electrons. The van der Waals surface area contributed by atoms with E-state index in [1.807, 2.05) is 36.7 Å². The Kier molecular flexibility index (Phi) is 4.93. The maximum absolute atomic E-state index is 13.4. The van der Waals surface area contributed by atoms with Gasteiger partial charge in [-0.05, 0) is 53.6 Å². The van der Waals surface area contributed by atoms with Crippen LogP contribution in [0.4, 0.5) is 14.5 Å². The summed E-state index contributed by atoms with van der Waals surface area (Å²) in [4.78, 5) is 17.1. The Labute approximate surface area is 182 Å². The second-order valence-corrected chi connectivity index (χ2v) is 7.47. The summed E-state index contributed by atoms with van der Waals surface area (Å²) in [5.74, 6) is -0.735. The highest BCUT2D eigenvalue weighted by Gasteiger charge is 2.44. The van der Waals surface area contributed by atoms with Crippen molar-refractivity contribution in [3.63, 3.8) is 0 Å². The van der Waals surface area contributed by atoms with Crippen molar-refractivity contribution in [2.24, 2.45) is 0 Å². The number of nitrogens with zero attached hydrogens (tertiary/aromatic N) is 1. The number of amides is 1. The van der Waals surface area contributed by atoms with Crippen molar-refractivity contribution in [1.82, 2.24) is 4.98 Å². The highest BCUT2D eigenvalue weighted by Crippen LogP contribution is 2.45. The lowest BCUT2D eigenvalue weighted by atomic mass is 10.00. The number of para-hydroxylation sites is 1. The normalized spacial score (nSPS) is 13.8. The molecule has 0 atom stereocenters. The second kappa shape index (κ2) is 7.92. The number of ether oxygens (including phenoxy) is 2. The number of aryl methyl sites for hydroxylation is 2. The summed E-state index contributed by atoms with van der Waals surface area (Å²) < 4.78 is 35.7. The zero-order chi connectivity index (χ0) is 22.1. The van der Waals surface area contributed by atoms with Gasteiger partial charge in [0, 0.05) is 23.3 Å². The number of rotatable bonds is 5. The van der Waals surface area contributed by atoms with Gasteiger partial charge in [-0.1, -0.05) is 42.5 Å². The smallest absolute Gasteiger partial charge is 0.395 e. The van der Waals surface area contributed by atoms with Crippen LogP contribution < -0.4 is 14.8 Å². The van der Waals surface area contributed by atoms with E-state index < -0.39 is 12.2 Å². The SMILES string of the molecule is O=C(Nc1cccc2c1OC(F)(F)O2)c1cccc(CCc2cncc3ccccc23)c1. The number of hydrogen-bond donors (Lipinski definition) is 1. The van der Waals surface area contributed by atoms with E-state index in [9.17, 15) is 13.6 Å². The van der Waals surface area contributed by atoms with E-state index in [1.165, 1.54) is 18.2 Å². The Morgan fingerprint density at radius 3 is 2.69 bits per heavy atom. The standard InChI is InChI=1S/C25H18F2N2O3/c26-25(27)31-22-10-4-9-21(23(22)32-25)29-24(30)17-7-3-5-16(13-17)11-12-19-15-28-14-18-6-1-2-8-20(18)19/h1-10,13-15H,11-12H2,(H,29,30). The molecular weight excluding hydrogens is 414 g/mol. The lowest BCUT2D eigenvalue weighted by Crippen LogP contribution is -2.26. The maximum atomic E-state index is 13.4. The molecule has 0 saturated carbocycles. The third kappa shape index (κ3) is 3.97. The number of halogens is 2. The number of hydrogen-bond acceptors (Lipinski definition) is 4. The molecule has 0 aliphatic carbocycles. The van der Waals surface area contributed by atoms with E-state index in [-0.39, 0.29) is 17.2 Å². The van der Waals surface area contributed by atoms with Crippen LogP contribution in [0.15, 0.2) is 79.1 Å². The third-order valence-corrected chi connectivity index (χ3v) is 5.30. The van der Waals surface area contributed by atoms with Crippen LogP contribution in [0.25, 0.3) is 10.8 Å². The lowest BCUT2D eigenvalue weighted by Gasteiger charge is -2.10. The monoisotopic (exact) mass is 432 g/mol. The number of anilines is 1. The predicted molar refractivity (Wildman–Crippen MR) is 116 cm³/mol. The van der Waals surface area contributed by atoms with Crippen LogP contribution >= 0.6 is 0 Å². The molecule has 0 unspecified atom stereocenters. The average molecular weight is 432 g/mol. The number of carbonyl (C=O) groups is 1. The summed E-state index contributed by atoms with van der Waals surface area (Å²) in [5.41, 5.74) is 2.66. The topological polar surface area (TPSA) is 60.5 Å². The fourth-order valence-corrected chi connectivity index (χ4v) is 3.79. The van der Waals surface area contributed by atoms with Gasteiger partial charge in [0.2, 0.25) is 0 Å². The molecule has 160 valence electrons. The number of nitrogens with one attached hydrogen (secondary N) is 1. The van der Waals surface area contributed by atoms with Crippen molar-refractivity contribution >= 4 is 22.4 Å². The predicted octanol–water partition coefficient (Wildman–Crippen LogP) is 5.59. The molecular formula is C25H18F2N2O3. The molecule has 5 nitrogen and oxygen atoms in total. The van der Waals surface area contributed by atoms with Gasteiger partial charge in [0.25, 0.3) is 5.91 Å². The Morgan fingerprint density at radius 2 is 1.78 bits per heavy atom. The molecule has 1 aromatic heterocycles. The van der Waals surface area contributed by atoms with Crippen LogP contribution in [0.5, 0.6) is 11.5 Å². The highest BCUT2D eigenvalue weighted by atomic mass is 19.3. The Hall–Kier alpha value is -4.00. The van der Waals surface area contributed by atoms with E-state index in [4.69, 9.17) is 0 Å². The molecule has 1 aliphatic heterocycles. The molecule has 0 fully saturated rings. The summed E-state index contributed by atoms with van der Waals surface area (Å²) in [6, 6.07) is 19.7. The largest absolute Gasteiger partial charge is 0.586 e. The van der Waals surface area contributed by atoms with Gasteiger partial charge >= 0.3 is 6.29 Å². The molecule has 4 aromatic rings. The first-order valence-corrected chi connectivity index (χ1v) is 10.1. The number of pyridine rings is 1. The summed E-state index contributed by atoms with van der Waals surface area (Å²) in [7, 11) is 0. The van der Waals surface area contributed by atoms with E-state index in [1.54, 1.807) is 18.2 Å². The number of carbonyl (C=O) groups excluding carboxylic acids is 1. The Morgan fingerprint density at radius 1 is 0.938 bits per heavy atom. The fourth-order valence-electron chi connectivity index (χ4n) is 3.79. The van der Waals surface area contributed by atoms with E-state index in [0.717, 1.165) is 34.7 Å². The zero-order valence-electron chi connectivity index (χ0n) is 16.8. The number of aromatic nitrogens is 1. The van der Waals surface area contributed by atoms with Crippen LogP contribution in [-0.2, 0) is 12.8 Å². The first-order valence-electron chi connectivity index (χ1n) is 10.1. The highest BCUT2D eigenvalue weighted by molar-refractivity contribution is 6.05. The lowest BCUT2D eigenvalue weighted by molar-refractivity contribution is -0.286. The maximum Gasteiger partial charge on any atom is 0.586 e. The fraction of sp³-hybridized carbons (Fsp3) is 0.120. The van der Waals surface area contributed by atoms with Gasteiger partial charge in [-0.25, -0.2) is 0 Å². The zero-order valence-corrected chi connectivity index (χ0v) is 16.8. The minimum Gasteiger partial charge on any atom is -0.395 e. The first kappa shape index (κ1) is 19.9. The van der Waals surface area contributed by atoms with Crippen LogP contribution in [0.1, 0.15) is 21.5 Å². The van der Waals surface area contributed by atoms with Crippen molar-refractivity contribution in [2.75, 3.05) is 5.32 Å². The van der Waals surface area contributed by atoms with E-state index in [0.29, 0.717) is 5.56 Å². The molecule has 7 heteroatoms. The Bertz CT molecular complexity index is 1320. The van der Waals surface area contributed by atoms with E-state index >= 15 is 0 Å². The van der Waals surface area contributed by atoms with Gasteiger partial charge < -0.3 is 14.8 Å². The summed E-state index contributed by atoms with van der Waals surface area (Å²) in [6.45, 7) is 0. The Balaban J connectivity index is 1.32. The number of benzene rings is 3. The molecule has 32 heavy (non-hydrogen) atoms. The summed E-state index contributed by atoms with van der Waals surface area (Å²) >= 11 is 0. The second-order valence-electron chi connectivity index (χ2n) is 7.47. The van der Waals surface area contributed by atoms with Gasteiger partial charge in [-0.2, -0.15) is 0 Å². The minimum atomic E-state index is -3.75. The van der Waals surface area contributed by atoms with Gasteiger partial charge in [0.15, 0.2) is 11.5 Å². The molecule has 1 amide bonds. The summed E-state index contributed by atoms with van der Waals surface area (Å²) in [6.07, 6.45) is 1.45. The molecule has 3 aromatic carbocycles. The first-order chi connectivity index (χ1) is 15.5. The molecule has 0 saturated heterocycles. The summed E-state index contributed by atoms with van der Waals surface area (Å²) in [5, 5.41) is 4.88. The minimum absolute atomic E-state index is 0.120. The molecule has 0 spiro atoms. The average Bonchev–Trinajstić information content (AvgIpc) is 3.12. The van der Waals surface area contributed by atoms with Gasteiger partial charge in [-0.3, -0.25) is 9.78 Å². The van der Waals surface area contributed by atoms with E-state index in [2.05, 4.69) is 25.8 Å². The van der Waals surface area contributed by atoms with Crippen molar-refractivity contribution in [2.45, 2.75) is 19.1 Å². The van der Waals surface area contributed by atoms with Gasteiger partial charge in [-0.15, -0.1) is 8.78 Å². The van der Waals surface area contributed by atoms with Crippen molar-refractivity contribution < 1.29 is 23.0 Å². The number of alkyl halides is 2. The molecule has 0 bridgehead atoms. The van der Waals surface area contributed by atoms with Crippen molar-refractivity contribution in [1.29, 1.82) is 0 Å². The molecule has 1 aliphatic rings. The van der Waals surface area contributed by atoms with Crippen LogP contribution in [0, 0.1) is 0 Å². The number of fused-ring (bicyclic) bond motifs is 2. The third-order valence-electron chi connectivity index (χ3n) is 5.30. The van der Waals surface area contributed by atoms with Gasteiger partial charge in [0.05, 0.1) is 5.69 Å². The van der Waals surface area contributed by atoms with Crippen LogP contribution in [-0.4, -0.2) is 17.2 Å². The van der Waals surface area contributed by atoms with Crippen LogP contribution in [0.2, 0.25) is 0 Å². The van der Waals surface area contributed by atoms with Gasteiger partial charge in [0.1, 0.15) is 0 Å². The van der Waals surface area contributed by atoms with Crippen molar-refractivity contribution in [3.8, 4) is 11.5 Å².